The van der Waals surface area contributed by atoms with E-state index in [0.29, 0.717) is 26.4 Å². The molecule has 1 aliphatic rings. The number of fused-ring (bicyclic) bond motifs is 1. The van der Waals surface area contributed by atoms with E-state index < -0.39 is 11.5 Å². The van der Waals surface area contributed by atoms with Crippen LogP contribution in [-0.4, -0.2) is 45.7 Å². The molecule has 1 aliphatic carbocycles. The zero-order valence-electron chi connectivity index (χ0n) is 17.5. The van der Waals surface area contributed by atoms with Gasteiger partial charge in [-0.2, -0.15) is 0 Å². The number of aliphatic hydroxyl groups is 1. The third-order valence-electron chi connectivity index (χ3n) is 5.04. The lowest BCUT2D eigenvalue weighted by Gasteiger charge is -2.20. The molecule has 0 spiro atoms. The predicted molar refractivity (Wildman–Crippen MR) is 121 cm³/mol. The summed E-state index contributed by atoms with van der Waals surface area (Å²) in [6, 6.07) is 9.05. The van der Waals surface area contributed by atoms with Gasteiger partial charge in [0.1, 0.15) is 16.6 Å². The van der Waals surface area contributed by atoms with Crippen LogP contribution < -0.4 is 10.1 Å². The Bertz CT molecular complexity index is 1150. The molecule has 2 N–H and O–H groups in total. The van der Waals surface area contributed by atoms with Crippen molar-refractivity contribution in [2.75, 3.05) is 12.9 Å². The number of thioether (sulfide) groups is 1. The smallest absolute Gasteiger partial charge is 0.257 e. The van der Waals surface area contributed by atoms with E-state index in [-0.39, 0.29) is 17.6 Å². The van der Waals surface area contributed by atoms with Crippen molar-refractivity contribution >= 4 is 45.7 Å². The molecule has 0 aliphatic heterocycles. The lowest BCUT2D eigenvalue weighted by atomic mass is 10.0. The normalized spacial score (nSPS) is 15.5. The molecule has 0 radical (unpaired) electrons. The monoisotopic (exact) mass is 457 g/mol. The van der Waals surface area contributed by atoms with Crippen LogP contribution in [0.1, 0.15) is 40.1 Å². The molecule has 162 valence electrons. The van der Waals surface area contributed by atoms with Crippen LogP contribution in [0.15, 0.2) is 35.4 Å². The van der Waals surface area contributed by atoms with E-state index >= 15 is 0 Å². The van der Waals surface area contributed by atoms with Crippen molar-refractivity contribution in [1.29, 1.82) is 0 Å². The Labute approximate surface area is 188 Å². The number of ketones is 1. The molecule has 1 fully saturated rings. The maximum absolute atomic E-state index is 12.8. The fourth-order valence-corrected chi connectivity index (χ4v) is 5.17. The molecule has 2 heterocycles. The number of benzene rings is 1. The fourth-order valence-electron chi connectivity index (χ4n) is 3.12. The number of ether oxygens (including phenoxy) is 1. The van der Waals surface area contributed by atoms with Gasteiger partial charge >= 0.3 is 0 Å². The minimum atomic E-state index is -1.66. The minimum absolute atomic E-state index is 0.0982. The van der Waals surface area contributed by atoms with Crippen molar-refractivity contribution in [3.63, 3.8) is 0 Å². The van der Waals surface area contributed by atoms with Crippen LogP contribution in [0.3, 0.4) is 0 Å². The van der Waals surface area contributed by atoms with E-state index in [4.69, 9.17) is 4.74 Å². The van der Waals surface area contributed by atoms with Crippen LogP contribution in [0.5, 0.6) is 5.75 Å². The summed E-state index contributed by atoms with van der Waals surface area (Å²) in [7, 11) is 1.59. The summed E-state index contributed by atoms with van der Waals surface area (Å²) >= 11 is 2.46. The maximum Gasteiger partial charge on any atom is 0.257 e. The Morgan fingerprint density at radius 3 is 2.77 bits per heavy atom. The van der Waals surface area contributed by atoms with E-state index in [1.807, 2.05) is 25.1 Å². The number of amides is 1. The number of aryl methyl sites for hydroxylation is 1. The average Bonchev–Trinajstić information content (AvgIpc) is 3.41. The topological polar surface area (TPSA) is 101 Å². The molecule has 1 saturated carbocycles. The molecular weight excluding hydrogens is 434 g/mol. The molecule has 1 aromatic carbocycles. The summed E-state index contributed by atoms with van der Waals surface area (Å²) in [6.45, 7) is 3.27. The highest BCUT2D eigenvalue weighted by Crippen LogP contribution is 2.34. The van der Waals surface area contributed by atoms with E-state index in [1.165, 1.54) is 18.7 Å². The van der Waals surface area contributed by atoms with Gasteiger partial charge in [0, 0.05) is 10.9 Å². The number of thiophene rings is 1. The van der Waals surface area contributed by atoms with Crippen LogP contribution in [-0.2, 0) is 10.4 Å². The second kappa shape index (κ2) is 8.57. The van der Waals surface area contributed by atoms with Crippen LogP contribution in [0.25, 0.3) is 10.9 Å². The fraction of sp³-hybridized carbons (Fsp3) is 0.364. The molecule has 7 nitrogen and oxygen atoms in total. The molecule has 1 amide bonds. The third kappa shape index (κ3) is 4.58. The first kappa shape index (κ1) is 21.7. The van der Waals surface area contributed by atoms with Gasteiger partial charge in [-0.1, -0.05) is 17.8 Å². The van der Waals surface area contributed by atoms with Crippen molar-refractivity contribution < 1.29 is 19.4 Å². The Balaban J connectivity index is 1.51. The molecule has 31 heavy (non-hydrogen) atoms. The van der Waals surface area contributed by atoms with Crippen LogP contribution in [0.2, 0.25) is 0 Å². The van der Waals surface area contributed by atoms with Gasteiger partial charge < -0.3 is 15.2 Å². The highest BCUT2D eigenvalue weighted by molar-refractivity contribution is 8.00. The number of carbonyl (C=O) groups is 2. The number of aromatic nitrogens is 2. The quantitative estimate of drug-likeness (QED) is 0.303. The summed E-state index contributed by atoms with van der Waals surface area (Å²) in [4.78, 5) is 35.1. The number of rotatable bonds is 8. The van der Waals surface area contributed by atoms with Gasteiger partial charge in [0.2, 0.25) is 0 Å². The molecule has 2 aromatic heterocycles. The number of Topliss-reactive ketones (excluding diaryl/α,β-unsaturated/α-hetero) is 1. The summed E-state index contributed by atoms with van der Waals surface area (Å²) in [5.41, 5.74) is -0.898. The Kier molecular flexibility index (Phi) is 6.00. The molecule has 9 heteroatoms. The van der Waals surface area contributed by atoms with Gasteiger partial charge in [0.25, 0.3) is 5.91 Å². The SMILES string of the molecule is COc1cccc2nc(C)nc(SCC(=O)c3ccc([C@@](C)(O)C(=O)NC4CC4)s3)c12. The second-order valence-corrected chi connectivity index (χ2v) is 9.67. The van der Waals surface area contributed by atoms with Crippen molar-refractivity contribution in [3.8, 4) is 5.75 Å². The molecule has 1 atom stereocenters. The lowest BCUT2D eigenvalue weighted by molar-refractivity contribution is -0.138. The first-order valence-electron chi connectivity index (χ1n) is 9.90. The molecule has 3 aromatic rings. The van der Waals surface area contributed by atoms with E-state index in [0.717, 1.165) is 35.1 Å². The van der Waals surface area contributed by atoms with Gasteiger partial charge in [-0.25, -0.2) is 9.97 Å². The molecular formula is C22H23N3O4S2. The molecule has 4 rings (SSSR count). The number of methoxy groups -OCH3 is 1. The van der Waals surface area contributed by atoms with E-state index in [2.05, 4.69) is 15.3 Å². The molecule has 0 saturated heterocycles. The van der Waals surface area contributed by atoms with Crippen molar-refractivity contribution in [3.05, 3.63) is 45.9 Å². The standard InChI is InChI=1S/C22H23N3O4S2/c1-12-23-14-5-4-6-16(29-3)19(14)20(24-12)30-11-15(26)17-9-10-18(31-17)22(2,28)21(27)25-13-7-8-13/h4-6,9-10,13,28H,7-8,11H2,1-3H3,(H,25,27)/t22-/m1/s1. The first-order valence-corrected chi connectivity index (χ1v) is 11.7. The second-order valence-electron chi connectivity index (χ2n) is 7.63. The number of hydrogen-bond donors (Lipinski definition) is 2. The largest absolute Gasteiger partial charge is 0.496 e. The minimum Gasteiger partial charge on any atom is -0.496 e. The van der Waals surface area contributed by atoms with Crippen molar-refractivity contribution in [1.82, 2.24) is 15.3 Å². The summed E-state index contributed by atoms with van der Waals surface area (Å²) in [6.07, 6.45) is 1.88. The number of carbonyl (C=O) groups excluding carboxylic acids is 2. The molecule has 0 bridgehead atoms. The predicted octanol–water partition coefficient (Wildman–Crippen LogP) is 3.47. The summed E-state index contributed by atoms with van der Waals surface area (Å²) in [5.74, 6) is 0.912. The summed E-state index contributed by atoms with van der Waals surface area (Å²) in [5, 5.41) is 15.0. The zero-order chi connectivity index (χ0) is 22.2. The maximum atomic E-state index is 12.8. The Hall–Kier alpha value is -2.49. The van der Waals surface area contributed by atoms with Gasteiger partial charge in [-0.05, 0) is 51.0 Å². The van der Waals surface area contributed by atoms with Gasteiger partial charge in [-0.15, -0.1) is 11.3 Å². The van der Waals surface area contributed by atoms with Gasteiger partial charge in [0.05, 0.1) is 28.6 Å². The van der Waals surface area contributed by atoms with E-state index in [1.54, 1.807) is 19.2 Å². The molecule has 0 unspecified atom stereocenters. The Morgan fingerprint density at radius 2 is 2.06 bits per heavy atom. The van der Waals surface area contributed by atoms with Gasteiger partial charge in [0.15, 0.2) is 11.4 Å². The number of hydrogen-bond acceptors (Lipinski definition) is 8. The number of nitrogens with one attached hydrogen (secondary N) is 1. The van der Waals surface area contributed by atoms with Crippen LogP contribution >= 0.6 is 23.1 Å². The van der Waals surface area contributed by atoms with Crippen molar-refractivity contribution in [2.45, 2.75) is 43.4 Å². The Morgan fingerprint density at radius 1 is 1.29 bits per heavy atom. The average molecular weight is 458 g/mol. The zero-order valence-corrected chi connectivity index (χ0v) is 19.1. The van der Waals surface area contributed by atoms with E-state index in [9.17, 15) is 14.7 Å². The summed E-state index contributed by atoms with van der Waals surface area (Å²) < 4.78 is 5.45. The highest BCUT2D eigenvalue weighted by Gasteiger charge is 2.37. The van der Waals surface area contributed by atoms with Crippen LogP contribution in [0.4, 0.5) is 0 Å². The van der Waals surface area contributed by atoms with Crippen LogP contribution in [0, 0.1) is 6.92 Å². The first-order chi connectivity index (χ1) is 14.8. The highest BCUT2D eigenvalue weighted by atomic mass is 32.2. The van der Waals surface area contributed by atoms with Crippen molar-refractivity contribution in [2.24, 2.45) is 0 Å². The van der Waals surface area contributed by atoms with Gasteiger partial charge in [-0.3, -0.25) is 9.59 Å². The lowest BCUT2D eigenvalue weighted by Crippen LogP contribution is -2.42. The number of nitrogens with zero attached hydrogens (tertiary/aromatic N) is 2. The third-order valence-corrected chi connectivity index (χ3v) is 7.35.